The topological polar surface area (TPSA) is 89.6 Å². The van der Waals surface area contributed by atoms with Gasteiger partial charge in [-0.05, 0) is 38.0 Å². The van der Waals surface area contributed by atoms with Gasteiger partial charge in [0.2, 0.25) is 17.8 Å². The lowest BCUT2D eigenvalue weighted by molar-refractivity contribution is -0.123. The van der Waals surface area contributed by atoms with Crippen LogP contribution in [-0.4, -0.2) is 29.1 Å². The summed E-state index contributed by atoms with van der Waals surface area (Å²) in [6.07, 6.45) is 3.35. The normalized spacial score (nSPS) is 19.3. The molecule has 2 unspecified atom stereocenters. The maximum Gasteiger partial charge on any atom is 0.231 e. The van der Waals surface area contributed by atoms with Gasteiger partial charge in [-0.15, -0.1) is 0 Å². The number of carbonyl (C=O) groups is 1. The molecule has 1 N–H and O–H groups in total. The SMILES string of the molecule is CNC(=O)C1C(F)=NC(OCc2c(-c3ccc(C)nc3)noc2C)=CC1C. The quantitative estimate of drug-likeness (QED) is 0.871. The van der Waals surface area contributed by atoms with E-state index in [2.05, 4.69) is 20.4 Å². The number of nitrogens with one attached hydrogen (secondary N) is 1. The molecule has 0 fully saturated rings. The van der Waals surface area contributed by atoms with E-state index in [-0.39, 0.29) is 18.4 Å². The van der Waals surface area contributed by atoms with Gasteiger partial charge in [0.05, 0.1) is 5.56 Å². The smallest absolute Gasteiger partial charge is 0.231 e. The molecule has 1 amide bonds. The number of aryl methyl sites for hydroxylation is 2. The number of hydrogen-bond donors (Lipinski definition) is 1. The van der Waals surface area contributed by atoms with Crippen LogP contribution >= 0.6 is 0 Å². The Hall–Kier alpha value is -3.03. The Kier molecular flexibility index (Phi) is 5.34. The fourth-order valence-corrected chi connectivity index (χ4v) is 2.87. The Morgan fingerprint density at radius 2 is 2.15 bits per heavy atom. The van der Waals surface area contributed by atoms with Gasteiger partial charge in [0.15, 0.2) is 0 Å². The number of allylic oxidation sites excluding steroid dienone is 1. The largest absolute Gasteiger partial charge is 0.473 e. The summed E-state index contributed by atoms with van der Waals surface area (Å²) < 4.78 is 25.2. The molecule has 1 aliphatic heterocycles. The van der Waals surface area contributed by atoms with Crippen LogP contribution in [0, 0.1) is 25.7 Å². The van der Waals surface area contributed by atoms with Crippen LogP contribution in [0.3, 0.4) is 0 Å². The third-order valence-corrected chi connectivity index (χ3v) is 4.47. The summed E-state index contributed by atoms with van der Waals surface area (Å²) in [6, 6.07) is 3.78. The predicted octanol–water partition coefficient (Wildman–Crippen LogP) is 3.09. The van der Waals surface area contributed by atoms with Crippen LogP contribution in [0.15, 0.2) is 39.8 Å². The zero-order chi connectivity index (χ0) is 19.6. The molecular formula is C19H21FN4O3. The van der Waals surface area contributed by atoms with E-state index in [0.29, 0.717) is 11.5 Å². The first-order valence-electron chi connectivity index (χ1n) is 8.59. The minimum Gasteiger partial charge on any atom is -0.473 e. The van der Waals surface area contributed by atoms with Gasteiger partial charge >= 0.3 is 0 Å². The van der Waals surface area contributed by atoms with Gasteiger partial charge in [-0.25, -0.2) is 0 Å². The Bertz CT molecular complexity index is 902. The number of nitrogens with zero attached hydrogens (tertiary/aromatic N) is 3. The summed E-state index contributed by atoms with van der Waals surface area (Å²) in [4.78, 5) is 19.8. The number of aromatic nitrogens is 2. The van der Waals surface area contributed by atoms with Crippen LogP contribution in [0.1, 0.15) is 23.9 Å². The first-order chi connectivity index (χ1) is 12.9. The standard InChI is InChI=1S/C19H21FN4O3/c1-10-7-15(23-18(20)16(10)19(25)21-4)26-9-14-12(3)27-24-17(14)13-6-5-11(2)22-8-13/h5-8,10,16H,9H2,1-4H3,(H,21,25). The molecular weight excluding hydrogens is 351 g/mol. The highest BCUT2D eigenvalue weighted by atomic mass is 19.1. The Morgan fingerprint density at radius 1 is 1.37 bits per heavy atom. The monoisotopic (exact) mass is 372 g/mol. The van der Waals surface area contributed by atoms with Crippen LogP contribution in [0.2, 0.25) is 0 Å². The van der Waals surface area contributed by atoms with Crippen molar-refractivity contribution in [2.24, 2.45) is 16.8 Å². The average molecular weight is 372 g/mol. The highest BCUT2D eigenvalue weighted by molar-refractivity contribution is 6.01. The number of halogens is 1. The van der Waals surface area contributed by atoms with Crippen LogP contribution in [-0.2, 0) is 16.1 Å². The van der Waals surface area contributed by atoms with Gasteiger partial charge in [0.1, 0.15) is 24.0 Å². The molecule has 8 heteroatoms. The molecule has 142 valence electrons. The Labute approximate surface area is 156 Å². The fraction of sp³-hybridized carbons (Fsp3) is 0.368. The third-order valence-electron chi connectivity index (χ3n) is 4.47. The molecule has 0 bridgehead atoms. The molecule has 7 nitrogen and oxygen atoms in total. The lowest BCUT2D eigenvalue weighted by atomic mass is 9.91. The number of rotatable bonds is 5. The van der Waals surface area contributed by atoms with E-state index in [1.165, 1.54) is 7.05 Å². The molecule has 0 aromatic carbocycles. The third kappa shape index (κ3) is 3.89. The van der Waals surface area contributed by atoms with Crippen LogP contribution in [0.4, 0.5) is 4.39 Å². The molecule has 0 spiro atoms. The van der Waals surface area contributed by atoms with Gasteiger partial charge in [-0.1, -0.05) is 12.1 Å². The lowest BCUT2D eigenvalue weighted by Gasteiger charge is -2.22. The highest BCUT2D eigenvalue weighted by Gasteiger charge is 2.33. The first kappa shape index (κ1) is 18.8. The first-order valence-corrected chi connectivity index (χ1v) is 8.59. The van der Waals surface area contributed by atoms with E-state index in [1.807, 2.05) is 19.1 Å². The number of ether oxygens (including phenoxy) is 1. The number of aliphatic imine (C=N–C) groups is 1. The Morgan fingerprint density at radius 3 is 2.78 bits per heavy atom. The minimum absolute atomic E-state index is 0.110. The zero-order valence-electron chi connectivity index (χ0n) is 15.6. The van der Waals surface area contributed by atoms with Crippen LogP contribution < -0.4 is 5.32 Å². The molecule has 2 aromatic rings. The minimum atomic E-state index is -0.936. The number of carbonyl (C=O) groups excluding carboxylic acids is 1. The summed E-state index contributed by atoms with van der Waals surface area (Å²) in [5, 5.41) is 6.52. The zero-order valence-corrected chi connectivity index (χ0v) is 15.6. The fourth-order valence-electron chi connectivity index (χ4n) is 2.87. The molecule has 27 heavy (non-hydrogen) atoms. The molecule has 3 rings (SSSR count). The summed E-state index contributed by atoms with van der Waals surface area (Å²) in [5.74, 6) is -1.75. The van der Waals surface area contributed by atoms with Crippen molar-refractivity contribution >= 4 is 11.9 Å². The molecule has 1 aliphatic rings. The second kappa shape index (κ2) is 7.69. The van der Waals surface area contributed by atoms with Gasteiger partial charge < -0.3 is 14.6 Å². The van der Waals surface area contributed by atoms with Crippen molar-refractivity contribution in [1.82, 2.24) is 15.5 Å². The van der Waals surface area contributed by atoms with Crippen molar-refractivity contribution in [3.63, 3.8) is 0 Å². The maximum atomic E-state index is 14.2. The molecule has 0 radical (unpaired) electrons. The number of pyridine rings is 1. The molecule has 0 saturated carbocycles. The average Bonchev–Trinajstić information content (AvgIpc) is 3.00. The second-order valence-corrected chi connectivity index (χ2v) is 6.43. The highest BCUT2D eigenvalue weighted by Crippen LogP contribution is 2.29. The summed E-state index contributed by atoms with van der Waals surface area (Å²) in [5.41, 5.74) is 3.06. The van der Waals surface area contributed by atoms with E-state index in [4.69, 9.17) is 9.26 Å². The van der Waals surface area contributed by atoms with E-state index in [0.717, 1.165) is 16.8 Å². The summed E-state index contributed by atoms with van der Waals surface area (Å²) in [6.45, 7) is 5.53. The predicted molar refractivity (Wildman–Crippen MR) is 97.3 cm³/mol. The summed E-state index contributed by atoms with van der Waals surface area (Å²) >= 11 is 0. The van der Waals surface area contributed by atoms with Crippen molar-refractivity contribution in [2.45, 2.75) is 27.4 Å². The van der Waals surface area contributed by atoms with Gasteiger partial charge in [-0.3, -0.25) is 9.78 Å². The molecule has 3 heterocycles. The molecule has 2 aromatic heterocycles. The van der Waals surface area contributed by atoms with Gasteiger partial charge in [-0.2, -0.15) is 9.38 Å². The van der Waals surface area contributed by atoms with E-state index >= 15 is 0 Å². The number of hydrogen-bond acceptors (Lipinski definition) is 6. The maximum absolute atomic E-state index is 14.2. The van der Waals surface area contributed by atoms with E-state index in [9.17, 15) is 9.18 Å². The van der Waals surface area contributed by atoms with Crippen LogP contribution in [0.5, 0.6) is 0 Å². The van der Waals surface area contributed by atoms with Crippen molar-refractivity contribution < 1.29 is 18.4 Å². The van der Waals surface area contributed by atoms with Gasteiger partial charge in [0.25, 0.3) is 0 Å². The van der Waals surface area contributed by atoms with Crippen molar-refractivity contribution in [3.05, 3.63) is 47.3 Å². The van der Waals surface area contributed by atoms with Crippen molar-refractivity contribution in [2.75, 3.05) is 7.05 Å². The van der Waals surface area contributed by atoms with Crippen molar-refractivity contribution in [3.8, 4) is 11.3 Å². The van der Waals surface area contributed by atoms with Crippen LogP contribution in [0.25, 0.3) is 11.3 Å². The van der Waals surface area contributed by atoms with E-state index < -0.39 is 17.8 Å². The lowest BCUT2D eigenvalue weighted by Crippen LogP contribution is -2.37. The molecule has 0 saturated heterocycles. The number of amides is 1. The summed E-state index contributed by atoms with van der Waals surface area (Å²) in [7, 11) is 1.47. The molecule has 0 aliphatic carbocycles. The second-order valence-electron chi connectivity index (χ2n) is 6.43. The van der Waals surface area contributed by atoms with Gasteiger partial charge in [0, 0.05) is 24.5 Å². The molecule has 2 atom stereocenters. The van der Waals surface area contributed by atoms with Crippen molar-refractivity contribution in [1.29, 1.82) is 0 Å². The Balaban J connectivity index is 1.77. The van der Waals surface area contributed by atoms with E-state index in [1.54, 1.807) is 26.1 Å².